The molecule has 0 spiro atoms. The van der Waals surface area contributed by atoms with Crippen molar-refractivity contribution in [1.82, 2.24) is 14.9 Å². The highest BCUT2D eigenvalue weighted by atomic mass is 16.1. The summed E-state index contributed by atoms with van der Waals surface area (Å²) in [6.07, 6.45) is 5.82. The van der Waals surface area contributed by atoms with Crippen molar-refractivity contribution in [3.63, 3.8) is 0 Å². The van der Waals surface area contributed by atoms with Crippen LogP contribution in [-0.4, -0.2) is 35.2 Å². The van der Waals surface area contributed by atoms with Crippen molar-refractivity contribution >= 4 is 5.82 Å². The Kier molecular flexibility index (Phi) is 2.63. The van der Waals surface area contributed by atoms with Crippen LogP contribution in [0.1, 0.15) is 25.8 Å². The topological polar surface area (TPSA) is 50.2 Å². The van der Waals surface area contributed by atoms with Crippen LogP contribution in [0, 0.1) is 0 Å². The Balaban J connectivity index is 1.96. The molecule has 2 aliphatic rings. The van der Waals surface area contributed by atoms with Gasteiger partial charge in [-0.15, -0.1) is 0 Å². The Morgan fingerprint density at radius 2 is 2.29 bits per heavy atom. The lowest BCUT2D eigenvalue weighted by molar-refractivity contribution is 0.493. The zero-order valence-corrected chi connectivity index (χ0v) is 10.1. The van der Waals surface area contributed by atoms with Crippen LogP contribution in [0.5, 0.6) is 0 Å². The fourth-order valence-corrected chi connectivity index (χ4v) is 2.41. The number of hydrogen-bond donors (Lipinski definition) is 1. The summed E-state index contributed by atoms with van der Waals surface area (Å²) in [7, 11) is 0. The fraction of sp³-hybridized carbons (Fsp3) is 0.667. The molecule has 3 rings (SSSR count). The van der Waals surface area contributed by atoms with E-state index in [2.05, 4.69) is 22.1 Å². The largest absolute Gasteiger partial charge is 0.347 e. The number of anilines is 1. The van der Waals surface area contributed by atoms with E-state index in [1.807, 2.05) is 10.8 Å². The van der Waals surface area contributed by atoms with Gasteiger partial charge in [-0.2, -0.15) is 0 Å². The SMILES string of the molecule is CC1CNCCN1c1nccn(C2CC2)c1=O. The van der Waals surface area contributed by atoms with E-state index in [0.717, 1.165) is 32.5 Å². The normalized spacial score (nSPS) is 25.0. The van der Waals surface area contributed by atoms with E-state index in [9.17, 15) is 4.79 Å². The minimum Gasteiger partial charge on any atom is -0.347 e. The third-order valence-corrected chi connectivity index (χ3v) is 3.56. The third-order valence-electron chi connectivity index (χ3n) is 3.56. The van der Waals surface area contributed by atoms with E-state index >= 15 is 0 Å². The second-order valence-electron chi connectivity index (χ2n) is 4.94. The molecule has 17 heavy (non-hydrogen) atoms. The summed E-state index contributed by atoms with van der Waals surface area (Å²) in [5.74, 6) is 0.619. The molecule has 1 aromatic heterocycles. The highest BCUT2D eigenvalue weighted by Gasteiger charge is 2.28. The molecular weight excluding hydrogens is 216 g/mol. The first kappa shape index (κ1) is 10.8. The Bertz CT molecular complexity index is 466. The van der Waals surface area contributed by atoms with E-state index in [-0.39, 0.29) is 5.56 Å². The first-order valence-corrected chi connectivity index (χ1v) is 6.32. The molecule has 1 aliphatic heterocycles. The number of piperazine rings is 1. The third kappa shape index (κ3) is 1.95. The van der Waals surface area contributed by atoms with Crippen LogP contribution < -0.4 is 15.8 Å². The van der Waals surface area contributed by atoms with Crippen molar-refractivity contribution in [2.75, 3.05) is 24.5 Å². The minimum absolute atomic E-state index is 0.0729. The molecule has 92 valence electrons. The molecule has 1 aromatic rings. The van der Waals surface area contributed by atoms with E-state index in [0.29, 0.717) is 17.9 Å². The van der Waals surface area contributed by atoms with Crippen LogP contribution in [-0.2, 0) is 0 Å². The van der Waals surface area contributed by atoms with E-state index in [1.165, 1.54) is 0 Å². The predicted octanol–water partition coefficient (Wildman–Crippen LogP) is 0.376. The van der Waals surface area contributed by atoms with Gasteiger partial charge in [-0.05, 0) is 19.8 Å². The van der Waals surface area contributed by atoms with Gasteiger partial charge < -0.3 is 14.8 Å². The highest BCUT2D eigenvalue weighted by Crippen LogP contribution is 2.33. The van der Waals surface area contributed by atoms with Crippen LogP contribution in [0.3, 0.4) is 0 Å². The van der Waals surface area contributed by atoms with Crippen LogP contribution in [0.15, 0.2) is 17.2 Å². The van der Waals surface area contributed by atoms with E-state index < -0.39 is 0 Å². The minimum atomic E-state index is 0.0729. The van der Waals surface area contributed by atoms with Crippen LogP contribution in [0.4, 0.5) is 5.82 Å². The molecule has 0 aromatic carbocycles. The molecule has 0 amide bonds. The van der Waals surface area contributed by atoms with Gasteiger partial charge in [-0.25, -0.2) is 4.98 Å². The summed E-state index contributed by atoms with van der Waals surface area (Å²) >= 11 is 0. The summed E-state index contributed by atoms with van der Waals surface area (Å²) in [5, 5.41) is 3.33. The summed E-state index contributed by atoms with van der Waals surface area (Å²) < 4.78 is 1.84. The Morgan fingerprint density at radius 1 is 1.47 bits per heavy atom. The zero-order chi connectivity index (χ0) is 11.8. The molecule has 1 aliphatic carbocycles. The predicted molar refractivity (Wildman–Crippen MR) is 66.4 cm³/mol. The highest BCUT2D eigenvalue weighted by molar-refractivity contribution is 5.38. The van der Waals surface area contributed by atoms with Crippen LogP contribution in [0.25, 0.3) is 0 Å². The van der Waals surface area contributed by atoms with Crippen molar-refractivity contribution in [3.05, 3.63) is 22.7 Å². The van der Waals surface area contributed by atoms with Crippen molar-refractivity contribution in [1.29, 1.82) is 0 Å². The van der Waals surface area contributed by atoms with Crippen LogP contribution in [0.2, 0.25) is 0 Å². The first-order chi connectivity index (χ1) is 8.27. The number of nitrogens with one attached hydrogen (secondary N) is 1. The average molecular weight is 234 g/mol. The maximum absolute atomic E-state index is 12.3. The summed E-state index contributed by atoms with van der Waals surface area (Å²) in [4.78, 5) is 18.7. The molecule has 1 saturated heterocycles. The van der Waals surface area contributed by atoms with Crippen molar-refractivity contribution < 1.29 is 0 Å². The molecule has 1 N–H and O–H groups in total. The van der Waals surface area contributed by atoms with Gasteiger partial charge in [0.05, 0.1) is 0 Å². The van der Waals surface area contributed by atoms with Crippen molar-refractivity contribution in [3.8, 4) is 0 Å². The standard InChI is InChI=1S/C12H18N4O/c1-9-8-13-4-6-15(9)11-12(17)16(7-5-14-11)10-2-3-10/h5,7,9-10,13H,2-4,6,8H2,1H3. The molecule has 2 fully saturated rings. The summed E-state index contributed by atoms with van der Waals surface area (Å²) in [6.45, 7) is 4.82. The van der Waals surface area contributed by atoms with E-state index in [1.54, 1.807) is 6.20 Å². The lowest BCUT2D eigenvalue weighted by atomic mass is 10.2. The number of aromatic nitrogens is 2. The number of rotatable bonds is 2. The summed E-state index contributed by atoms with van der Waals surface area (Å²) in [6, 6.07) is 0.751. The molecule has 5 nitrogen and oxygen atoms in total. The molecular formula is C12H18N4O. The van der Waals surface area contributed by atoms with Crippen molar-refractivity contribution in [2.24, 2.45) is 0 Å². The monoisotopic (exact) mass is 234 g/mol. The van der Waals surface area contributed by atoms with Gasteiger partial charge in [0.25, 0.3) is 5.56 Å². The van der Waals surface area contributed by atoms with Gasteiger partial charge in [0.15, 0.2) is 5.82 Å². The Hall–Kier alpha value is -1.36. The van der Waals surface area contributed by atoms with Gasteiger partial charge in [0.2, 0.25) is 0 Å². The van der Waals surface area contributed by atoms with Gasteiger partial charge in [-0.1, -0.05) is 0 Å². The second kappa shape index (κ2) is 4.14. The molecule has 5 heteroatoms. The second-order valence-corrected chi connectivity index (χ2v) is 4.94. The maximum atomic E-state index is 12.3. The fourth-order valence-electron chi connectivity index (χ4n) is 2.41. The van der Waals surface area contributed by atoms with Crippen LogP contribution >= 0.6 is 0 Å². The molecule has 1 atom stereocenters. The first-order valence-electron chi connectivity index (χ1n) is 6.32. The summed E-state index contributed by atoms with van der Waals surface area (Å²) in [5.41, 5.74) is 0.0729. The van der Waals surface area contributed by atoms with E-state index in [4.69, 9.17) is 0 Å². The quantitative estimate of drug-likeness (QED) is 0.803. The zero-order valence-electron chi connectivity index (χ0n) is 10.1. The molecule has 1 saturated carbocycles. The molecule has 0 bridgehead atoms. The Morgan fingerprint density at radius 3 is 3.00 bits per heavy atom. The number of nitrogens with zero attached hydrogens (tertiary/aromatic N) is 3. The molecule has 1 unspecified atom stereocenters. The number of hydrogen-bond acceptors (Lipinski definition) is 4. The van der Waals surface area contributed by atoms with Gasteiger partial charge in [0.1, 0.15) is 0 Å². The molecule has 2 heterocycles. The lowest BCUT2D eigenvalue weighted by Crippen LogP contribution is -2.52. The average Bonchev–Trinajstić information content (AvgIpc) is 3.15. The van der Waals surface area contributed by atoms with Gasteiger partial charge in [-0.3, -0.25) is 4.79 Å². The lowest BCUT2D eigenvalue weighted by Gasteiger charge is -2.34. The smallest absolute Gasteiger partial charge is 0.293 e. The van der Waals surface area contributed by atoms with Gasteiger partial charge in [0, 0.05) is 44.1 Å². The Labute approximate surface area is 100 Å². The maximum Gasteiger partial charge on any atom is 0.293 e. The van der Waals surface area contributed by atoms with Crippen molar-refractivity contribution in [2.45, 2.75) is 31.8 Å². The molecule has 0 radical (unpaired) electrons. The van der Waals surface area contributed by atoms with Gasteiger partial charge >= 0.3 is 0 Å².